The van der Waals surface area contributed by atoms with Crippen molar-refractivity contribution in [3.8, 4) is 0 Å². The number of rotatable bonds is 8. The normalized spacial score (nSPS) is 9.71. The number of hydrogen-bond acceptors (Lipinski definition) is 5. The van der Waals surface area contributed by atoms with Crippen molar-refractivity contribution in [3.05, 3.63) is 23.9 Å². The minimum Gasteiger partial charge on any atom is -0.481 e. The molecule has 0 radical (unpaired) electrons. The van der Waals surface area contributed by atoms with E-state index in [9.17, 15) is 19.2 Å². The van der Waals surface area contributed by atoms with Crippen LogP contribution in [-0.2, 0) is 14.4 Å². The van der Waals surface area contributed by atoms with Crippen molar-refractivity contribution in [2.75, 3.05) is 11.9 Å². The summed E-state index contributed by atoms with van der Waals surface area (Å²) in [6.07, 6.45) is 2.09. The number of carboxylic acids is 1. The van der Waals surface area contributed by atoms with E-state index in [1.165, 1.54) is 18.3 Å². The highest BCUT2D eigenvalue weighted by Crippen LogP contribution is 2.06. The number of aliphatic carboxylic acids is 1. The van der Waals surface area contributed by atoms with Gasteiger partial charge in [-0.3, -0.25) is 14.4 Å². The quantitative estimate of drug-likeness (QED) is 0.588. The van der Waals surface area contributed by atoms with Gasteiger partial charge in [-0.25, -0.2) is 4.98 Å². The summed E-state index contributed by atoms with van der Waals surface area (Å²) in [6.45, 7) is -0.0824. The van der Waals surface area contributed by atoms with Crippen molar-refractivity contribution in [2.45, 2.75) is 19.3 Å². The van der Waals surface area contributed by atoms with E-state index < -0.39 is 11.9 Å². The summed E-state index contributed by atoms with van der Waals surface area (Å²) >= 11 is 0. The molecule has 0 unspecified atom stereocenters. The summed E-state index contributed by atoms with van der Waals surface area (Å²) in [5, 5.41) is 13.3. The molecule has 0 aromatic carbocycles. The Morgan fingerprint density at radius 3 is 2.57 bits per heavy atom. The average Bonchev–Trinajstić information content (AvgIpc) is 2.45. The molecule has 0 saturated carbocycles. The lowest BCUT2D eigenvalue weighted by Gasteiger charge is -2.05. The Labute approximate surface area is 120 Å². The summed E-state index contributed by atoms with van der Waals surface area (Å²) < 4.78 is 0. The molecule has 8 heteroatoms. The second-order valence-corrected chi connectivity index (χ2v) is 4.10. The van der Waals surface area contributed by atoms with Gasteiger partial charge in [0.05, 0.1) is 12.1 Å². The molecule has 1 heterocycles. The predicted molar refractivity (Wildman–Crippen MR) is 72.8 cm³/mol. The van der Waals surface area contributed by atoms with Gasteiger partial charge in [-0.2, -0.15) is 0 Å². The number of aromatic nitrogens is 1. The minimum absolute atomic E-state index is 0.0727. The highest BCUT2D eigenvalue weighted by Gasteiger charge is 2.08. The molecular weight excluding hydrogens is 278 g/mol. The Kier molecular flexibility index (Phi) is 6.52. The van der Waals surface area contributed by atoms with Gasteiger partial charge in [0.2, 0.25) is 5.91 Å². The maximum atomic E-state index is 11.5. The molecule has 0 bridgehead atoms. The number of amides is 2. The third-order valence-electron chi connectivity index (χ3n) is 2.43. The van der Waals surface area contributed by atoms with Crippen LogP contribution in [-0.4, -0.2) is 40.7 Å². The molecule has 1 rings (SSSR count). The van der Waals surface area contributed by atoms with Gasteiger partial charge in [0.15, 0.2) is 0 Å². The maximum Gasteiger partial charge on any atom is 0.303 e. The molecule has 1 aromatic rings. The minimum atomic E-state index is -0.952. The summed E-state index contributed by atoms with van der Waals surface area (Å²) in [4.78, 5) is 47.3. The third-order valence-corrected chi connectivity index (χ3v) is 2.43. The van der Waals surface area contributed by atoms with Crippen LogP contribution in [0.3, 0.4) is 0 Å². The van der Waals surface area contributed by atoms with Gasteiger partial charge in [-0.1, -0.05) is 0 Å². The summed E-state index contributed by atoms with van der Waals surface area (Å²) in [6, 6.07) is 2.91. The summed E-state index contributed by atoms with van der Waals surface area (Å²) in [5.41, 5.74) is 0.265. The highest BCUT2D eigenvalue weighted by molar-refractivity contribution is 5.95. The van der Waals surface area contributed by atoms with Crippen LogP contribution >= 0.6 is 0 Å². The van der Waals surface area contributed by atoms with Gasteiger partial charge < -0.3 is 20.5 Å². The van der Waals surface area contributed by atoms with Crippen LogP contribution in [0.2, 0.25) is 0 Å². The molecule has 0 aliphatic heterocycles. The lowest BCUT2D eigenvalue weighted by atomic mass is 10.2. The first-order valence-electron chi connectivity index (χ1n) is 6.22. The van der Waals surface area contributed by atoms with E-state index in [2.05, 4.69) is 15.6 Å². The molecule has 1 aromatic heterocycles. The first-order chi connectivity index (χ1) is 10.0. The van der Waals surface area contributed by atoms with E-state index in [0.29, 0.717) is 6.29 Å². The van der Waals surface area contributed by atoms with Crippen LogP contribution in [0.4, 0.5) is 5.82 Å². The van der Waals surface area contributed by atoms with Crippen molar-refractivity contribution in [1.82, 2.24) is 10.3 Å². The van der Waals surface area contributed by atoms with Crippen LogP contribution in [0.25, 0.3) is 0 Å². The van der Waals surface area contributed by atoms with E-state index in [4.69, 9.17) is 5.11 Å². The number of carboxylic acid groups (broad SMARTS) is 1. The molecule has 112 valence electrons. The molecule has 21 heavy (non-hydrogen) atoms. The zero-order valence-corrected chi connectivity index (χ0v) is 11.2. The first kappa shape index (κ1) is 16.3. The van der Waals surface area contributed by atoms with Crippen molar-refractivity contribution in [2.24, 2.45) is 0 Å². The van der Waals surface area contributed by atoms with E-state index in [1.54, 1.807) is 0 Å². The lowest BCUT2D eigenvalue weighted by molar-refractivity contribution is -0.137. The number of nitrogens with zero attached hydrogens (tertiary/aromatic N) is 1. The van der Waals surface area contributed by atoms with Gasteiger partial charge in [-0.15, -0.1) is 0 Å². The molecular formula is C13H15N3O5. The highest BCUT2D eigenvalue weighted by atomic mass is 16.4. The zero-order valence-electron chi connectivity index (χ0n) is 11.2. The van der Waals surface area contributed by atoms with Crippen LogP contribution in [0.15, 0.2) is 18.3 Å². The standard InChI is InChI=1S/C13H15N3O5/c17-7-6-14-13(21)9-4-5-10(15-8-9)16-11(18)2-1-3-12(19)20/h4-5,7-8H,1-3,6H2,(H,14,21)(H,19,20)(H,15,16,18). The fraction of sp³-hybridized carbons (Fsp3) is 0.308. The van der Waals surface area contributed by atoms with Crippen molar-refractivity contribution in [3.63, 3.8) is 0 Å². The second-order valence-electron chi connectivity index (χ2n) is 4.10. The van der Waals surface area contributed by atoms with Gasteiger partial charge in [0.25, 0.3) is 5.91 Å². The van der Waals surface area contributed by atoms with E-state index in [1.807, 2.05) is 0 Å². The number of anilines is 1. The second kappa shape index (κ2) is 8.41. The summed E-state index contributed by atoms with van der Waals surface area (Å²) in [7, 11) is 0. The van der Waals surface area contributed by atoms with Crippen LogP contribution in [0.5, 0.6) is 0 Å². The first-order valence-corrected chi connectivity index (χ1v) is 6.22. The number of hydrogen-bond donors (Lipinski definition) is 3. The Morgan fingerprint density at radius 1 is 1.24 bits per heavy atom. The molecule has 0 saturated heterocycles. The fourth-order valence-electron chi connectivity index (χ4n) is 1.44. The van der Waals surface area contributed by atoms with Gasteiger partial charge in [0.1, 0.15) is 12.1 Å². The number of aldehydes is 1. The van der Waals surface area contributed by atoms with Crippen LogP contribution < -0.4 is 10.6 Å². The van der Waals surface area contributed by atoms with Crippen LogP contribution in [0.1, 0.15) is 29.6 Å². The molecule has 0 fully saturated rings. The van der Waals surface area contributed by atoms with Crippen molar-refractivity contribution < 1.29 is 24.3 Å². The molecule has 0 atom stereocenters. The molecule has 0 aliphatic carbocycles. The third kappa shape index (κ3) is 6.28. The molecule has 3 N–H and O–H groups in total. The molecule has 0 spiro atoms. The number of nitrogens with one attached hydrogen (secondary N) is 2. The Hall–Kier alpha value is -2.77. The Balaban J connectivity index is 2.46. The molecule has 8 nitrogen and oxygen atoms in total. The Bertz CT molecular complexity index is 527. The van der Waals surface area contributed by atoms with Crippen molar-refractivity contribution >= 4 is 29.9 Å². The number of carbonyl (C=O) groups is 4. The maximum absolute atomic E-state index is 11.5. The Morgan fingerprint density at radius 2 is 2.00 bits per heavy atom. The number of carbonyl (C=O) groups excluding carboxylic acids is 3. The number of pyridine rings is 1. The fourth-order valence-corrected chi connectivity index (χ4v) is 1.44. The van der Waals surface area contributed by atoms with E-state index in [-0.39, 0.29) is 43.1 Å². The largest absolute Gasteiger partial charge is 0.481 e. The van der Waals surface area contributed by atoms with Crippen LogP contribution in [0, 0.1) is 0 Å². The molecule has 2 amide bonds. The zero-order chi connectivity index (χ0) is 15.7. The summed E-state index contributed by atoms with van der Waals surface area (Å²) in [5.74, 6) is -1.47. The van der Waals surface area contributed by atoms with Gasteiger partial charge >= 0.3 is 5.97 Å². The topological polar surface area (TPSA) is 125 Å². The van der Waals surface area contributed by atoms with Gasteiger partial charge in [-0.05, 0) is 18.6 Å². The van der Waals surface area contributed by atoms with E-state index in [0.717, 1.165) is 0 Å². The van der Waals surface area contributed by atoms with Gasteiger partial charge in [0, 0.05) is 19.0 Å². The SMILES string of the molecule is O=CCNC(=O)c1ccc(NC(=O)CCCC(=O)O)nc1. The smallest absolute Gasteiger partial charge is 0.303 e. The van der Waals surface area contributed by atoms with Crippen molar-refractivity contribution in [1.29, 1.82) is 0 Å². The lowest BCUT2D eigenvalue weighted by Crippen LogP contribution is -2.25. The molecule has 0 aliphatic rings. The predicted octanol–water partition coefficient (Wildman–Crippen LogP) is 0.204. The average molecular weight is 293 g/mol. The monoisotopic (exact) mass is 293 g/mol. The van der Waals surface area contributed by atoms with E-state index >= 15 is 0 Å².